The van der Waals surface area contributed by atoms with Gasteiger partial charge in [-0.05, 0) is 43.4 Å². The maximum Gasteiger partial charge on any atom is 0.0724 e. The Balaban J connectivity index is 1.86. The minimum Gasteiger partial charge on any atom is -0.291 e. The predicted molar refractivity (Wildman–Crippen MR) is 93.4 cm³/mol. The molecule has 1 aromatic carbocycles. The molecule has 1 fully saturated rings. The van der Waals surface area contributed by atoms with Crippen LogP contribution in [0.25, 0.3) is 0 Å². The van der Waals surface area contributed by atoms with Crippen molar-refractivity contribution in [1.82, 2.24) is 5.48 Å². The van der Waals surface area contributed by atoms with Crippen LogP contribution in [-0.2, 0) is 0 Å². The predicted octanol–water partition coefficient (Wildman–Crippen LogP) is 3.92. The van der Waals surface area contributed by atoms with Crippen molar-refractivity contribution in [2.45, 2.75) is 45.6 Å². The van der Waals surface area contributed by atoms with Gasteiger partial charge in [0.1, 0.15) is 0 Å². The third-order valence-electron chi connectivity index (χ3n) is 5.80. The average Bonchev–Trinajstić information content (AvgIpc) is 2.85. The molecule has 3 nitrogen and oxygen atoms in total. The van der Waals surface area contributed by atoms with E-state index in [1.54, 1.807) is 0 Å². The number of fused-ring (bicyclic) bond motifs is 1. The molecular formula is C20H24N2O. The highest BCUT2D eigenvalue weighted by atomic mass is 16.5. The quantitative estimate of drug-likeness (QED) is 0.656. The summed E-state index contributed by atoms with van der Waals surface area (Å²) in [7, 11) is 0. The minimum atomic E-state index is -0.194. The van der Waals surface area contributed by atoms with Gasteiger partial charge in [0, 0.05) is 28.8 Å². The second-order valence-electron chi connectivity index (χ2n) is 6.97. The highest BCUT2D eigenvalue weighted by Crippen LogP contribution is 2.63. The molecule has 0 saturated heterocycles. The Labute approximate surface area is 138 Å². The van der Waals surface area contributed by atoms with E-state index in [1.165, 1.54) is 5.56 Å². The molecule has 23 heavy (non-hydrogen) atoms. The summed E-state index contributed by atoms with van der Waals surface area (Å²) in [6, 6.07) is 8.36. The summed E-state index contributed by atoms with van der Waals surface area (Å²) in [5.74, 6) is 6.76. The van der Waals surface area contributed by atoms with Crippen LogP contribution in [0.3, 0.4) is 0 Å². The summed E-state index contributed by atoms with van der Waals surface area (Å²) >= 11 is 0. The summed E-state index contributed by atoms with van der Waals surface area (Å²) in [5.41, 5.74) is 5.90. The zero-order chi connectivity index (χ0) is 16.7. The third-order valence-corrected chi connectivity index (χ3v) is 5.80. The second-order valence-corrected chi connectivity index (χ2v) is 6.97. The van der Waals surface area contributed by atoms with Crippen molar-refractivity contribution < 1.29 is 5.21 Å². The first-order valence-corrected chi connectivity index (χ1v) is 8.22. The van der Waals surface area contributed by atoms with E-state index in [1.807, 2.05) is 0 Å². The fourth-order valence-electron chi connectivity index (χ4n) is 3.93. The molecule has 120 valence electrons. The molecule has 0 spiro atoms. The van der Waals surface area contributed by atoms with Gasteiger partial charge in [-0.1, -0.05) is 44.4 Å². The van der Waals surface area contributed by atoms with Gasteiger partial charge in [0.15, 0.2) is 0 Å². The molecule has 0 radical (unpaired) electrons. The molecule has 1 heterocycles. The van der Waals surface area contributed by atoms with Crippen LogP contribution in [0.5, 0.6) is 0 Å². The molecule has 1 aliphatic heterocycles. The highest BCUT2D eigenvalue weighted by Gasteiger charge is 2.64. The normalized spacial score (nSPS) is 31.3. The van der Waals surface area contributed by atoms with Gasteiger partial charge in [-0.25, -0.2) is 0 Å². The number of hydrogen-bond acceptors (Lipinski definition) is 3. The molecule has 2 N–H and O–H groups in total. The summed E-state index contributed by atoms with van der Waals surface area (Å²) in [6.45, 7) is 10.3. The number of hydrogen-bond donors (Lipinski definition) is 2. The van der Waals surface area contributed by atoms with Gasteiger partial charge in [-0.3, -0.25) is 15.7 Å². The first-order valence-electron chi connectivity index (χ1n) is 8.22. The molecule has 0 amide bonds. The first-order chi connectivity index (χ1) is 10.9. The van der Waals surface area contributed by atoms with E-state index in [4.69, 9.17) is 4.99 Å². The lowest BCUT2D eigenvalue weighted by molar-refractivity contribution is -0.0169. The van der Waals surface area contributed by atoms with Crippen molar-refractivity contribution in [1.29, 1.82) is 0 Å². The van der Waals surface area contributed by atoms with Crippen molar-refractivity contribution >= 4 is 5.71 Å². The van der Waals surface area contributed by atoms with Crippen molar-refractivity contribution in [2.24, 2.45) is 16.3 Å². The average molecular weight is 308 g/mol. The lowest BCUT2D eigenvalue weighted by atomic mass is 9.49. The van der Waals surface area contributed by atoms with Crippen LogP contribution in [-0.4, -0.2) is 16.5 Å². The Morgan fingerprint density at radius 3 is 2.70 bits per heavy atom. The minimum absolute atomic E-state index is 0.185. The van der Waals surface area contributed by atoms with E-state index < -0.39 is 0 Å². The molecule has 1 aromatic rings. The molecule has 3 rings (SSSR count). The number of nitrogens with zero attached hydrogens (tertiary/aromatic N) is 1. The maximum absolute atomic E-state index is 9.24. The fraction of sp³-hybridized carbons (Fsp3) is 0.450. The standard InChI is InChI=1S/C20H24N2O/c1-5-6-7-15-8-10-16(11-9-15)18-12-17-13-19(3,14(2)22-23)20(17,4)21-18/h8-11,17,22-23H,2,5,12-13H2,1,3-4H3. The zero-order valence-electron chi connectivity index (χ0n) is 14.1. The van der Waals surface area contributed by atoms with Crippen LogP contribution in [0.15, 0.2) is 41.5 Å². The smallest absolute Gasteiger partial charge is 0.0724 e. The lowest BCUT2D eigenvalue weighted by Gasteiger charge is -2.57. The van der Waals surface area contributed by atoms with Gasteiger partial charge in [-0.2, -0.15) is 0 Å². The van der Waals surface area contributed by atoms with Gasteiger partial charge >= 0.3 is 0 Å². The molecule has 3 heteroatoms. The Hall–Kier alpha value is -2.05. The SMILES string of the molecule is C=C(NO)C1(C)CC2CC(c3ccc(C#CCC)cc3)=NC21C. The van der Waals surface area contributed by atoms with E-state index in [-0.39, 0.29) is 11.0 Å². The van der Waals surface area contributed by atoms with Gasteiger partial charge in [0.2, 0.25) is 0 Å². The van der Waals surface area contributed by atoms with Gasteiger partial charge in [0.25, 0.3) is 0 Å². The summed E-state index contributed by atoms with van der Waals surface area (Å²) in [4.78, 5) is 5.04. The lowest BCUT2D eigenvalue weighted by Crippen LogP contribution is -2.59. The van der Waals surface area contributed by atoms with Crippen LogP contribution < -0.4 is 5.48 Å². The third kappa shape index (κ3) is 2.29. The Bertz CT molecular complexity index is 722. The van der Waals surface area contributed by atoms with Gasteiger partial charge < -0.3 is 0 Å². The largest absolute Gasteiger partial charge is 0.291 e. The Kier molecular flexibility index (Phi) is 3.82. The summed E-state index contributed by atoms with van der Waals surface area (Å²) in [6.07, 6.45) is 2.86. The molecule has 1 saturated carbocycles. The van der Waals surface area contributed by atoms with Crippen LogP contribution in [0.1, 0.15) is 51.2 Å². The molecule has 3 unspecified atom stereocenters. The van der Waals surface area contributed by atoms with E-state index in [9.17, 15) is 5.21 Å². The number of hydroxylamine groups is 1. The van der Waals surface area contributed by atoms with E-state index in [0.717, 1.165) is 30.5 Å². The molecule has 2 aliphatic rings. The first kappa shape index (κ1) is 15.8. The van der Waals surface area contributed by atoms with Gasteiger partial charge in [0.05, 0.1) is 5.54 Å². The topological polar surface area (TPSA) is 44.6 Å². The molecule has 3 atom stereocenters. The molecule has 0 aromatic heterocycles. The molecule has 0 bridgehead atoms. The molecule has 1 aliphatic carbocycles. The highest BCUT2D eigenvalue weighted by molar-refractivity contribution is 6.02. The number of nitrogens with one attached hydrogen (secondary N) is 1. The van der Waals surface area contributed by atoms with Crippen LogP contribution >= 0.6 is 0 Å². The zero-order valence-corrected chi connectivity index (χ0v) is 14.1. The van der Waals surface area contributed by atoms with Crippen molar-refractivity contribution in [2.75, 3.05) is 0 Å². The van der Waals surface area contributed by atoms with Crippen LogP contribution in [0.4, 0.5) is 0 Å². The van der Waals surface area contributed by atoms with E-state index in [0.29, 0.717) is 11.6 Å². The number of benzene rings is 1. The van der Waals surface area contributed by atoms with Crippen LogP contribution in [0.2, 0.25) is 0 Å². The fourth-order valence-corrected chi connectivity index (χ4v) is 3.93. The molecular weight excluding hydrogens is 284 g/mol. The Morgan fingerprint density at radius 2 is 2.09 bits per heavy atom. The monoisotopic (exact) mass is 308 g/mol. The Morgan fingerprint density at radius 1 is 1.39 bits per heavy atom. The summed E-state index contributed by atoms with van der Waals surface area (Å²) in [5, 5.41) is 9.24. The van der Waals surface area contributed by atoms with Gasteiger partial charge in [-0.15, -0.1) is 0 Å². The maximum atomic E-state index is 9.24. The van der Waals surface area contributed by atoms with Crippen molar-refractivity contribution in [3.05, 3.63) is 47.7 Å². The van der Waals surface area contributed by atoms with Crippen LogP contribution in [0, 0.1) is 23.2 Å². The summed E-state index contributed by atoms with van der Waals surface area (Å²) < 4.78 is 0. The second kappa shape index (κ2) is 5.54. The number of rotatable bonds is 3. The van der Waals surface area contributed by atoms with Crippen molar-refractivity contribution in [3.63, 3.8) is 0 Å². The van der Waals surface area contributed by atoms with Crippen molar-refractivity contribution in [3.8, 4) is 11.8 Å². The number of aliphatic imine (C=N–C) groups is 1. The van der Waals surface area contributed by atoms with E-state index >= 15 is 0 Å². The van der Waals surface area contributed by atoms with E-state index in [2.05, 4.69) is 68.9 Å².